The molecule has 4 rings (SSSR count). The van der Waals surface area contributed by atoms with Gasteiger partial charge in [-0.2, -0.15) is 0 Å². The van der Waals surface area contributed by atoms with Crippen molar-refractivity contribution >= 4 is 24.4 Å². The standard InChI is InChI=1S/C33H46BNO6/c1-20-14-25(15-21(2)28(20)36)27-13-12-24(18-35(27)30(37)39-31(5,6)7)19-38-29-22(3)16-26(17-23(29)4)34-40-32(8,9)33(10,11)41-34/h13-17,24,36H,12,18-19H2,1-11H3. The second kappa shape index (κ2) is 11.0. The SMILES string of the molecule is Cc1cc(C2=CCC(COc3c(C)cc(B4OC(C)(C)C(C)(C)O4)cc3C)CN2C(=O)OC(C)(C)C)cc(C)c1O. The Kier molecular flexibility index (Phi) is 8.33. The summed E-state index contributed by atoms with van der Waals surface area (Å²) >= 11 is 0. The number of carbonyl (C=O) groups is 1. The van der Waals surface area contributed by atoms with Crippen molar-refractivity contribution in [3.05, 3.63) is 58.2 Å². The van der Waals surface area contributed by atoms with E-state index in [-0.39, 0.29) is 11.7 Å². The number of allylic oxidation sites excluding steroid dienone is 1. The van der Waals surface area contributed by atoms with E-state index in [4.69, 9.17) is 18.8 Å². The van der Waals surface area contributed by atoms with E-state index in [0.717, 1.165) is 51.1 Å². The monoisotopic (exact) mass is 563 g/mol. The van der Waals surface area contributed by atoms with E-state index >= 15 is 0 Å². The van der Waals surface area contributed by atoms with E-state index in [2.05, 4.69) is 45.9 Å². The van der Waals surface area contributed by atoms with Crippen molar-refractivity contribution in [1.82, 2.24) is 4.90 Å². The van der Waals surface area contributed by atoms with Gasteiger partial charge in [0, 0.05) is 12.5 Å². The molecule has 0 radical (unpaired) electrons. The van der Waals surface area contributed by atoms with Crippen LogP contribution in [0.25, 0.3) is 5.70 Å². The number of hydrogen-bond acceptors (Lipinski definition) is 6. The number of phenolic OH excluding ortho intramolecular Hbond substituents is 1. The second-order valence-electron chi connectivity index (χ2n) is 13.6. The number of aromatic hydroxyl groups is 1. The highest BCUT2D eigenvalue weighted by Gasteiger charge is 2.51. The van der Waals surface area contributed by atoms with Crippen LogP contribution in [0.4, 0.5) is 4.79 Å². The molecule has 1 saturated heterocycles. The van der Waals surface area contributed by atoms with Crippen LogP contribution in [0.15, 0.2) is 30.3 Å². The van der Waals surface area contributed by atoms with Gasteiger partial charge in [-0.15, -0.1) is 0 Å². The molecule has 0 saturated carbocycles. The molecule has 2 heterocycles. The van der Waals surface area contributed by atoms with Gasteiger partial charge in [0.2, 0.25) is 0 Å². The summed E-state index contributed by atoms with van der Waals surface area (Å²) in [5.74, 6) is 1.19. The van der Waals surface area contributed by atoms with Gasteiger partial charge in [-0.3, -0.25) is 4.90 Å². The molecule has 1 atom stereocenters. The van der Waals surface area contributed by atoms with Crippen LogP contribution in [0.3, 0.4) is 0 Å². The molecule has 7 nitrogen and oxygen atoms in total. The maximum absolute atomic E-state index is 13.4. The van der Waals surface area contributed by atoms with E-state index in [0.29, 0.717) is 13.2 Å². The Balaban J connectivity index is 1.53. The zero-order valence-electron chi connectivity index (χ0n) is 26.6. The van der Waals surface area contributed by atoms with Crippen LogP contribution in [0.2, 0.25) is 0 Å². The van der Waals surface area contributed by atoms with Gasteiger partial charge in [0.05, 0.1) is 23.5 Å². The highest BCUT2D eigenvalue weighted by atomic mass is 16.7. The fourth-order valence-corrected chi connectivity index (χ4v) is 5.34. The molecule has 1 N–H and O–H groups in total. The summed E-state index contributed by atoms with van der Waals surface area (Å²) in [6, 6.07) is 7.98. The van der Waals surface area contributed by atoms with Crippen molar-refractivity contribution in [2.75, 3.05) is 13.2 Å². The van der Waals surface area contributed by atoms with E-state index in [9.17, 15) is 9.90 Å². The summed E-state index contributed by atoms with van der Waals surface area (Å²) in [5.41, 5.74) is 4.79. The van der Waals surface area contributed by atoms with E-state index in [1.165, 1.54) is 0 Å². The molecule has 0 aliphatic carbocycles. The van der Waals surface area contributed by atoms with Gasteiger partial charge in [-0.25, -0.2) is 4.79 Å². The first-order valence-electron chi connectivity index (χ1n) is 14.5. The average molecular weight is 564 g/mol. The Morgan fingerprint density at radius 3 is 2.02 bits per heavy atom. The predicted octanol–water partition coefficient (Wildman–Crippen LogP) is 6.60. The lowest BCUT2D eigenvalue weighted by molar-refractivity contribution is 0.00578. The number of nitrogens with zero attached hydrogens (tertiary/aromatic N) is 1. The summed E-state index contributed by atoms with van der Waals surface area (Å²) in [6.07, 6.45) is 2.43. The van der Waals surface area contributed by atoms with Crippen molar-refractivity contribution in [2.45, 2.75) is 99.4 Å². The molecule has 2 aromatic rings. The first kappa shape index (κ1) is 31.0. The number of carbonyl (C=O) groups excluding carboxylic acids is 1. The van der Waals surface area contributed by atoms with Crippen molar-refractivity contribution in [1.29, 1.82) is 0 Å². The number of amides is 1. The third kappa shape index (κ3) is 6.59. The van der Waals surface area contributed by atoms with Gasteiger partial charge in [0.15, 0.2) is 0 Å². The van der Waals surface area contributed by atoms with Crippen molar-refractivity contribution < 1.29 is 28.7 Å². The fourth-order valence-electron chi connectivity index (χ4n) is 5.34. The normalized spacial score (nSPS) is 20.2. The van der Waals surface area contributed by atoms with E-state index in [1.54, 1.807) is 4.90 Å². The first-order chi connectivity index (χ1) is 18.9. The summed E-state index contributed by atoms with van der Waals surface area (Å²) in [6.45, 7) is 22.5. The lowest BCUT2D eigenvalue weighted by atomic mass is 9.77. The molecule has 2 aliphatic heterocycles. The number of hydrogen-bond donors (Lipinski definition) is 1. The summed E-state index contributed by atoms with van der Waals surface area (Å²) in [7, 11) is -0.428. The minimum Gasteiger partial charge on any atom is -0.507 e. The number of ether oxygens (including phenoxy) is 2. The molecule has 1 amide bonds. The number of phenols is 1. The molecular weight excluding hydrogens is 517 g/mol. The molecule has 1 unspecified atom stereocenters. The Labute approximate surface area is 246 Å². The Bertz CT molecular complexity index is 1290. The number of rotatable bonds is 5. The summed E-state index contributed by atoms with van der Waals surface area (Å²) < 4.78 is 24.7. The van der Waals surface area contributed by atoms with Gasteiger partial charge in [0.25, 0.3) is 0 Å². The van der Waals surface area contributed by atoms with Crippen LogP contribution in [-0.4, -0.2) is 53.2 Å². The molecule has 41 heavy (non-hydrogen) atoms. The van der Waals surface area contributed by atoms with Crippen LogP contribution in [-0.2, 0) is 14.0 Å². The molecular formula is C33H46BNO6. The molecule has 222 valence electrons. The first-order valence-corrected chi connectivity index (χ1v) is 14.5. The molecule has 8 heteroatoms. The summed E-state index contributed by atoms with van der Waals surface area (Å²) in [5, 5.41) is 10.3. The van der Waals surface area contributed by atoms with Gasteiger partial charge < -0.3 is 23.9 Å². The molecule has 0 spiro atoms. The second-order valence-corrected chi connectivity index (χ2v) is 13.6. The Hall–Kier alpha value is -2.97. The van der Waals surface area contributed by atoms with Crippen LogP contribution in [0, 0.1) is 33.6 Å². The highest BCUT2D eigenvalue weighted by Crippen LogP contribution is 2.37. The molecule has 2 aliphatic rings. The quantitative estimate of drug-likeness (QED) is 0.413. The van der Waals surface area contributed by atoms with Crippen LogP contribution < -0.4 is 10.2 Å². The fraction of sp³-hybridized carbons (Fsp3) is 0.545. The Morgan fingerprint density at radius 1 is 0.976 bits per heavy atom. The third-order valence-electron chi connectivity index (χ3n) is 8.25. The van der Waals surface area contributed by atoms with Gasteiger partial charge in [-0.1, -0.05) is 18.2 Å². The van der Waals surface area contributed by atoms with Gasteiger partial charge >= 0.3 is 13.2 Å². The minimum atomic E-state index is -0.625. The minimum absolute atomic E-state index is 0.0761. The van der Waals surface area contributed by atoms with Crippen molar-refractivity contribution in [3.8, 4) is 11.5 Å². The van der Waals surface area contributed by atoms with Crippen LogP contribution in [0.1, 0.15) is 82.7 Å². The maximum atomic E-state index is 13.4. The summed E-state index contributed by atoms with van der Waals surface area (Å²) in [4.78, 5) is 15.1. The average Bonchev–Trinajstić information content (AvgIpc) is 3.07. The lowest BCUT2D eigenvalue weighted by Crippen LogP contribution is -2.41. The molecule has 1 fully saturated rings. The maximum Gasteiger partial charge on any atom is 0.494 e. The zero-order chi connectivity index (χ0) is 30.5. The smallest absolute Gasteiger partial charge is 0.494 e. The largest absolute Gasteiger partial charge is 0.507 e. The van der Waals surface area contributed by atoms with E-state index < -0.39 is 30.0 Å². The Morgan fingerprint density at radius 2 is 1.51 bits per heavy atom. The van der Waals surface area contributed by atoms with Crippen molar-refractivity contribution in [2.24, 2.45) is 5.92 Å². The molecule has 0 aromatic heterocycles. The molecule has 2 aromatic carbocycles. The number of benzene rings is 2. The van der Waals surface area contributed by atoms with Crippen LogP contribution >= 0.6 is 0 Å². The van der Waals surface area contributed by atoms with E-state index in [1.807, 2.05) is 60.6 Å². The third-order valence-corrected chi connectivity index (χ3v) is 8.25. The van der Waals surface area contributed by atoms with Crippen molar-refractivity contribution in [3.63, 3.8) is 0 Å². The highest BCUT2D eigenvalue weighted by molar-refractivity contribution is 6.62. The topological polar surface area (TPSA) is 77.5 Å². The zero-order valence-corrected chi connectivity index (χ0v) is 26.6. The van der Waals surface area contributed by atoms with Gasteiger partial charge in [-0.05, 0) is 128 Å². The predicted molar refractivity (Wildman–Crippen MR) is 164 cm³/mol. The number of aryl methyl sites for hydroxylation is 4. The molecule has 0 bridgehead atoms. The van der Waals surface area contributed by atoms with Gasteiger partial charge in [0.1, 0.15) is 17.1 Å². The lowest BCUT2D eigenvalue weighted by Gasteiger charge is -2.35. The van der Waals surface area contributed by atoms with Crippen LogP contribution in [0.5, 0.6) is 11.5 Å².